The molecule has 0 radical (unpaired) electrons. The summed E-state index contributed by atoms with van der Waals surface area (Å²) in [7, 11) is 0. The Hall–Kier alpha value is -2.37. The molecule has 0 amide bonds. The highest BCUT2D eigenvalue weighted by Crippen LogP contribution is 2.27. The minimum atomic E-state index is 0.435. The van der Waals surface area contributed by atoms with Crippen molar-refractivity contribution in [1.82, 2.24) is 15.0 Å². The molecule has 0 spiro atoms. The van der Waals surface area contributed by atoms with E-state index < -0.39 is 0 Å². The number of nitrogen functional groups attached to an aromatic ring is 1. The minimum Gasteiger partial charge on any atom is -0.476 e. The largest absolute Gasteiger partial charge is 0.476 e. The van der Waals surface area contributed by atoms with Gasteiger partial charge in [0.2, 0.25) is 5.88 Å². The van der Waals surface area contributed by atoms with Crippen molar-refractivity contribution in [2.24, 2.45) is 5.92 Å². The summed E-state index contributed by atoms with van der Waals surface area (Å²) in [5.41, 5.74) is 7.46. The van der Waals surface area contributed by atoms with Gasteiger partial charge in [-0.25, -0.2) is 4.98 Å². The molecule has 0 aromatic carbocycles. The Morgan fingerprint density at radius 3 is 2.73 bits per heavy atom. The van der Waals surface area contributed by atoms with Crippen molar-refractivity contribution in [1.29, 1.82) is 0 Å². The number of hydrogen-bond donors (Lipinski definition) is 2. The van der Waals surface area contributed by atoms with Gasteiger partial charge in [-0.3, -0.25) is 4.98 Å². The molecule has 0 aliphatic carbocycles. The summed E-state index contributed by atoms with van der Waals surface area (Å²) in [4.78, 5) is 13.2. The number of ether oxygens (including phenoxy) is 1. The lowest BCUT2D eigenvalue weighted by Gasteiger charge is -2.14. The lowest BCUT2D eigenvalue weighted by atomic mass is 10.1. The number of rotatable bonds is 7. The maximum atomic E-state index is 6.10. The highest BCUT2D eigenvalue weighted by atomic mass is 16.5. The van der Waals surface area contributed by atoms with Gasteiger partial charge >= 0.3 is 0 Å². The Morgan fingerprint density at radius 2 is 2.09 bits per heavy atom. The Bertz CT molecular complexity index is 601. The summed E-state index contributed by atoms with van der Waals surface area (Å²) < 4.78 is 5.52. The molecule has 0 bridgehead atoms. The number of hydrogen-bond acceptors (Lipinski definition) is 6. The topological polar surface area (TPSA) is 86.0 Å². The van der Waals surface area contributed by atoms with E-state index >= 15 is 0 Å². The smallest absolute Gasteiger partial charge is 0.242 e. The molecule has 0 aliphatic rings. The standard InChI is InChI=1S/C16H23N5O/c1-4-22-16-14(17)15(20-13(21-16)9-11(2)3)19-10-12-7-5-6-8-18-12/h5-8,11H,4,9-10,17H2,1-3H3,(H,19,20,21). The molecule has 22 heavy (non-hydrogen) atoms. The van der Waals surface area contributed by atoms with Crippen LogP contribution in [0.5, 0.6) is 5.88 Å². The van der Waals surface area contributed by atoms with Crippen molar-refractivity contribution < 1.29 is 4.74 Å². The maximum absolute atomic E-state index is 6.10. The van der Waals surface area contributed by atoms with E-state index in [1.165, 1.54) is 0 Å². The quantitative estimate of drug-likeness (QED) is 0.817. The molecule has 0 aliphatic heterocycles. The number of pyridine rings is 1. The first-order valence-corrected chi connectivity index (χ1v) is 7.53. The fraction of sp³-hybridized carbons (Fsp3) is 0.438. The van der Waals surface area contributed by atoms with Crippen molar-refractivity contribution in [3.05, 3.63) is 35.9 Å². The molecule has 0 atom stereocenters. The van der Waals surface area contributed by atoms with Crippen LogP contribution in [-0.4, -0.2) is 21.6 Å². The first-order chi connectivity index (χ1) is 10.6. The lowest BCUT2D eigenvalue weighted by molar-refractivity contribution is 0.326. The summed E-state index contributed by atoms with van der Waals surface area (Å²) in [6.07, 6.45) is 2.54. The summed E-state index contributed by atoms with van der Waals surface area (Å²) in [5.74, 6) is 2.23. The minimum absolute atomic E-state index is 0.435. The van der Waals surface area contributed by atoms with Crippen LogP contribution in [0.1, 0.15) is 32.3 Å². The molecule has 6 heteroatoms. The zero-order valence-electron chi connectivity index (χ0n) is 13.3. The van der Waals surface area contributed by atoms with Gasteiger partial charge in [-0.2, -0.15) is 4.98 Å². The van der Waals surface area contributed by atoms with Gasteiger partial charge in [0, 0.05) is 12.6 Å². The molecule has 2 aromatic heterocycles. The highest BCUT2D eigenvalue weighted by Gasteiger charge is 2.13. The third kappa shape index (κ3) is 4.31. The summed E-state index contributed by atoms with van der Waals surface area (Å²) in [6, 6.07) is 5.78. The normalized spacial score (nSPS) is 10.7. The van der Waals surface area contributed by atoms with E-state index in [2.05, 4.69) is 34.1 Å². The van der Waals surface area contributed by atoms with E-state index in [1.54, 1.807) is 6.20 Å². The predicted molar refractivity (Wildman–Crippen MR) is 87.7 cm³/mol. The Balaban J connectivity index is 2.22. The Kier molecular flexibility index (Phi) is 5.52. The van der Waals surface area contributed by atoms with E-state index in [1.807, 2.05) is 25.1 Å². The van der Waals surface area contributed by atoms with Crippen LogP contribution in [0.4, 0.5) is 11.5 Å². The highest BCUT2D eigenvalue weighted by molar-refractivity contribution is 5.66. The van der Waals surface area contributed by atoms with E-state index in [9.17, 15) is 0 Å². The molecule has 3 N–H and O–H groups in total. The van der Waals surface area contributed by atoms with Gasteiger partial charge in [-0.05, 0) is 25.0 Å². The Labute approximate surface area is 131 Å². The van der Waals surface area contributed by atoms with E-state index in [0.29, 0.717) is 36.5 Å². The second kappa shape index (κ2) is 7.59. The van der Waals surface area contributed by atoms with Gasteiger partial charge in [0.15, 0.2) is 5.82 Å². The molecule has 2 rings (SSSR count). The van der Waals surface area contributed by atoms with E-state index in [4.69, 9.17) is 10.5 Å². The third-order valence-electron chi connectivity index (χ3n) is 2.99. The van der Waals surface area contributed by atoms with Gasteiger partial charge < -0.3 is 15.8 Å². The van der Waals surface area contributed by atoms with Gasteiger partial charge in [-0.1, -0.05) is 19.9 Å². The van der Waals surface area contributed by atoms with Crippen LogP contribution in [0.2, 0.25) is 0 Å². The monoisotopic (exact) mass is 301 g/mol. The molecular weight excluding hydrogens is 278 g/mol. The van der Waals surface area contributed by atoms with Crippen LogP contribution < -0.4 is 15.8 Å². The molecule has 6 nitrogen and oxygen atoms in total. The average molecular weight is 301 g/mol. The molecule has 0 saturated carbocycles. The Morgan fingerprint density at radius 1 is 1.27 bits per heavy atom. The summed E-state index contributed by atoms with van der Waals surface area (Å²) in [6.45, 7) is 7.23. The fourth-order valence-electron chi connectivity index (χ4n) is 2.01. The number of aromatic nitrogens is 3. The fourth-order valence-corrected chi connectivity index (χ4v) is 2.01. The van der Waals surface area contributed by atoms with Crippen LogP contribution in [0.15, 0.2) is 24.4 Å². The SMILES string of the molecule is CCOc1nc(CC(C)C)nc(NCc2ccccn2)c1N. The van der Waals surface area contributed by atoms with Crippen LogP contribution in [-0.2, 0) is 13.0 Å². The van der Waals surface area contributed by atoms with Crippen molar-refractivity contribution >= 4 is 11.5 Å². The molecule has 2 heterocycles. The zero-order valence-corrected chi connectivity index (χ0v) is 13.3. The van der Waals surface area contributed by atoms with E-state index in [0.717, 1.165) is 17.9 Å². The van der Waals surface area contributed by atoms with Crippen molar-refractivity contribution in [2.45, 2.75) is 33.7 Å². The number of nitrogens with two attached hydrogens (primary N) is 1. The third-order valence-corrected chi connectivity index (χ3v) is 2.99. The average Bonchev–Trinajstić information content (AvgIpc) is 2.49. The predicted octanol–water partition coefficient (Wildman–Crippen LogP) is 2.66. The second-order valence-corrected chi connectivity index (χ2v) is 5.41. The molecule has 0 fully saturated rings. The van der Waals surface area contributed by atoms with Crippen molar-refractivity contribution in [3.63, 3.8) is 0 Å². The van der Waals surface area contributed by atoms with Crippen LogP contribution in [0.3, 0.4) is 0 Å². The van der Waals surface area contributed by atoms with Gasteiger partial charge in [0.25, 0.3) is 0 Å². The zero-order chi connectivity index (χ0) is 15.9. The first-order valence-electron chi connectivity index (χ1n) is 7.53. The molecule has 0 unspecified atom stereocenters. The first kappa shape index (κ1) is 16.0. The number of nitrogens with zero attached hydrogens (tertiary/aromatic N) is 3. The van der Waals surface area contributed by atoms with Crippen molar-refractivity contribution in [3.8, 4) is 5.88 Å². The summed E-state index contributed by atoms with van der Waals surface area (Å²) >= 11 is 0. The lowest BCUT2D eigenvalue weighted by Crippen LogP contribution is -2.12. The molecule has 118 valence electrons. The van der Waals surface area contributed by atoms with Crippen LogP contribution in [0, 0.1) is 5.92 Å². The van der Waals surface area contributed by atoms with Crippen LogP contribution in [0.25, 0.3) is 0 Å². The molecular formula is C16H23N5O. The van der Waals surface area contributed by atoms with Gasteiger partial charge in [-0.15, -0.1) is 0 Å². The van der Waals surface area contributed by atoms with Gasteiger partial charge in [0.05, 0.1) is 18.8 Å². The number of anilines is 2. The van der Waals surface area contributed by atoms with Gasteiger partial charge in [0.1, 0.15) is 11.5 Å². The van der Waals surface area contributed by atoms with E-state index in [-0.39, 0.29) is 0 Å². The second-order valence-electron chi connectivity index (χ2n) is 5.41. The maximum Gasteiger partial charge on any atom is 0.242 e. The number of nitrogens with one attached hydrogen (secondary N) is 1. The molecule has 0 saturated heterocycles. The van der Waals surface area contributed by atoms with Crippen LogP contribution >= 0.6 is 0 Å². The van der Waals surface area contributed by atoms with Crippen molar-refractivity contribution in [2.75, 3.05) is 17.7 Å². The summed E-state index contributed by atoms with van der Waals surface area (Å²) in [5, 5.41) is 3.22. The molecule has 2 aromatic rings.